The first-order valence-electron chi connectivity index (χ1n) is 5.91. The number of esters is 1. The zero-order chi connectivity index (χ0) is 17.5. The van der Waals surface area contributed by atoms with Crippen molar-refractivity contribution < 1.29 is 37.7 Å². The fourth-order valence-electron chi connectivity index (χ4n) is 1.35. The monoisotopic (exact) mass is 323 g/mol. The van der Waals surface area contributed by atoms with E-state index < -0.39 is 24.2 Å². The maximum absolute atomic E-state index is 11.1. The van der Waals surface area contributed by atoms with Gasteiger partial charge in [0.05, 0.1) is 7.11 Å². The average Bonchev–Trinajstić information content (AvgIpc) is 2.41. The van der Waals surface area contributed by atoms with E-state index >= 15 is 0 Å². The van der Waals surface area contributed by atoms with Gasteiger partial charge in [-0.05, 0) is 18.6 Å². The largest absolute Gasteiger partial charge is 0.508 e. The van der Waals surface area contributed by atoms with Crippen molar-refractivity contribution in [3.8, 4) is 5.75 Å². The molecule has 1 rings (SSSR count). The van der Waals surface area contributed by atoms with Crippen LogP contribution in [0.15, 0.2) is 18.2 Å². The number of carboxylic acids is 1. The van der Waals surface area contributed by atoms with Gasteiger partial charge in [0.25, 0.3) is 0 Å². The Morgan fingerprint density at radius 2 is 1.86 bits per heavy atom. The van der Waals surface area contributed by atoms with Gasteiger partial charge < -0.3 is 20.7 Å². The van der Waals surface area contributed by atoms with E-state index in [1.165, 1.54) is 7.11 Å². The number of hydrogen-bond donors (Lipinski definition) is 3. The zero-order valence-corrected chi connectivity index (χ0v) is 11.8. The van der Waals surface area contributed by atoms with Crippen molar-refractivity contribution in [3.05, 3.63) is 29.3 Å². The van der Waals surface area contributed by atoms with Crippen LogP contribution in [0.2, 0.25) is 0 Å². The number of nitrogens with two attached hydrogens (primary N) is 1. The molecular formula is C13H16F3NO5. The Morgan fingerprint density at radius 3 is 2.27 bits per heavy atom. The van der Waals surface area contributed by atoms with Crippen LogP contribution in [0.4, 0.5) is 13.2 Å². The lowest BCUT2D eigenvalue weighted by atomic mass is 10.0. The zero-order valence-electron chi connectivity index (χ0n) is 11.8. The molecule has 6 nitrogen and oxygen atoms in total. The normalized spacial score (nSPS) is 11.9. The van der Waals surface area contributed by atoms with Crippen molar-refractivity contribution in [2.75, 3.05) is 7.11 Å². The molecule has 1 atom stereocenters. The van der Waals surface area contributed by atoms with Crippen molar-refractivity contribution in [1.29, 1.82) is 0 Å². The molecule has 0 aliphatic rings. The summed E-state index contributed by atoms with van der Waals surface area (Å²) in [6, 6.07) is 4.46. The van der Waals surface area contributed by atoms with Crippen LogP contribution >= 0.6 is 0 Å². The van der Waals surface area contributed by atoms with E-state index in [0.29, 0.717) is 5.56 Å². The number of hydrogen-bond acceptors (Lipinski definition) is 5. The number of aromatic hydroxyl groups is 1. The minimum Gasteiger partial charge on any atom is -0.508 e. The molecule has 4 N–H and O–H groups in total. The second kappa shape index (κ2) is 8.23. The molecular weight excluding hydrogens is 307 g/mol. The van der Waals surface area contributed by atoms with Crippen molar-refractivity contribution in [2.24, 2.45) is 5.73 Å². The second-order valence-electron chi connectivity index (χ2n) is 4.27. The Hall–Kier alpha value is -2.29. The molecule has 1 unspecified atom stereocenters. The molecule has 0 saturated heterocycles. The predicted octanol–water partition coefficient (Wildman–Crippen LogP) is 1.38. The molecule has 0 radical (unpaired) electrons. The van der Waals surface area contributed by atoms with E-state index in [4.69, 9.17) is 15.6 Å². The molecule has 0 spiro atoms. The molecule has 0 bridgehead atoms. The predicted molar refractivity (Wildman–Crippen MR) is 70.2 cm³/mol. The maximum atomic E-state index is 11.1. The van der Waals surface area contributed by atoms with E-state index in [0.717, 1.165) is 5.56 Å². The number of phenolic OH excluding ortho intramolecular Hbond substituents is 1. The van der Waals surface area contributed by atoms with E-state index in [-0.39, 0.29) is 12.2 Å². The van der Waals surface area contributed by atoms with Crippen LogP contribution in [0, 0.1) is 6.92 Å². The number of carboxylic acid groups (broad SMARTS) is 1. The summed E-state index contributed by atoms with van der Waals surface area (Å²) in [4.78, 5) is 20.0. The summed E-state index contributed by atoms with van der Waals surface area (Å²) in [6.45, 7) is 1.91. The highest BCUT2D eigenvalue weighted by molar-refractivity contribution is 5.75. The van der Waals surface area contributed by atoms with E-state index in [9.17, 15) is 23.1 Å². The molecule has 9 heteroatoms. The average molecular weight is 323 g/mol. The molecule has 124 valence electrons. The van der Waals surface area contributed by atoms with Gasteiger partial charge >= 0.3 is 18.1 Å². The molecule has 0 heterocycles. The van der Waals surface area contributed by atoms with Gasteiger partial charge in [-0.1, -0.05) is 17.7 Å². The van der Waals surface area contributed by atoms with Gasteiger partial charge in [0.15, 0.2) is 0 Å². The van der Waals surface area contributed by atoms with Gasteiger partial charge in [0, 0.05) is 6.42 Å². The number of benzene rings is 1. The van der Waals surface area contributed by atoms with Crippen molar-refractivity contribution in [2.45, 2.75) is 25.6 Å². The van der Waals surface area contributed by atoms with Gasteiger partial charge in [-0.25, -0.2) is 4.79 Å². The molecule has 0 saturated carbocycles. The van der Waals surface area contributed by atoms with Gasteiger partial charge in [0.2, 0.25) is 0 Å². The van der Waals surface area contributed by atoms with E-state index in [1.54, 1.807) is 18.2 Å². The Labute approximate surface area is 124 Å². The third-order valence-electron chi connectivity index (χ3n) is 2.42. The van der Waals surface area contributed by atoms with Crippen molar-refractivity contribution in [1.82, 2.24) is 0 Å². The third kappa shape index (κ3) is 6.93. The first-order valence-corrected chi connectivity index (χ1v) is 5.91. The minimum atomic E-state index is -5.08. The minimum absolute atomic E-state index is 0.153. The number of carbonyl (C=O) groups is 2. The Bertz CT molecular complexity index is 531. The second-order valence-corrected chi connectivity index (χ2v) is 4.27. The molecule has 22 heavy (non-hydrogen) atoms. The topological polar surface area (TPSA) is 110 Å². The number of rotatable bonds is 3. The summed E-state index contributed by atoms with van der Waals surface area (Å²) in [5, 5.41) is 16.7. The van der Waals surface area contributed by atoms with Crippen LogP contribution < -0.4 is 5.73 Å². The first kappa shape index (κ1) is 19.7. The highest BCUT2D eigenvalue weighted by atomic mass is 19.4. The number of carbonyl (C=O) groups excluding carboxylic acids is 1. The summed E-state index contributed by atoms with van der Waals surface area (Å²) >= 11 is 0. The van der Waals surface area contributed by atoms with Crippen LogP contribution in [0.25, 0.3) is 0 Å². The summed E-state index contributed by atoms with van der Waals surface area (Å²) in [7, 11) is 1.29. The highest BCUT2D eigenvalue weighted by Gasteiger charge is 2.38. The SMILES string of the molecule is COC(=O)C(N)Cc1cc(C)ccc1O.O=C(O)C(F)(F)F. The number of aryl methyl sites for hydroxylation is 1. The number of halogens is 3. The van der Waals surface area contributed by atoms with Crippen LogP contribution in [-0.4, -0.2) is 41.5 Å². The molecule has 0 amide bonds. The maximum Gasteiger partial charge on any atom is 0.490 e. The number of ether oxygens (including phenoxy) is 1. The van der Waals surface area contributed by atoms with Gasteiger partial charge in [-0.15, -0.1) is 0 Å². The number of phenols is 1. The van der Waals surface area contributed by atoms with Gasteiger partial charge in [-0.2, -0.15) is 13.2 Å². The number of methoxy groups -OCH3 is 1. The lowest BCUT2D eigenvalue weighted by molar-refractivity contribution is -0.192. The standard InChI is InChI=1S/C11H15NO3.C2HF3O2/c1-7-3-4-10(13)8(5-7)6-9(12)11(14)15-2;3-2(4,5)1(6)7/h3-5,9,13H,6,12H2,1-2H3;(H,6,7). The molecule has 0 aromatic heterocycles. The van der Waals surface area contributed by atoms with Crippen LogP contribution in [0.5, 0.6) is 5.75 Å². The van der Waals surface area contributed by atoms with Crippen LogP contribution in [0.1, 0.15) is 11.1 Å². The molecule has 1 aromatic carbocycles. The lowest BCUT2D eigenvalue weighted by Crippen LogP contribution is -2.33. The van der Waals surface area contributed by atoms with E-state index in [2.05, 4.69) is 4.74 Å². The van der Waals surface area contributed by atoms with Gasteiger partial charge in [0.1, 0.15) is 11.8 Å². The lowest BCUT2D eigenvalue weighted by Gasteiger charge is -2.10. The Kier molecular flexibility index (Phi) is 7.37. The molecule has 1 aromatic rings. The number of alkyl halides is 3. The van der Waals surface area contributed by atoms with Crippen LogP contribution in [0.3, 0.4) is 0 Å². The summed E-state index contributed by atoms with van der Waals surface area (Å²) < 4.78 is 36.2. The number of aliphatic carboxylic acids is 1. The molecule has 0 aliphatic heterocycles. The van der Waals surface area contributed by atoms with E-state index in [1.807, 2.05) is 6.92 Å². The van der Waals surface area contributed by atoms with Crippen molar-refractivity contribution in [3.63, 3.8) is 0 Å². The van der Waals surface area contributed by atoms with Crippen LogP contribution in [-0.2, 0) is 20.7 Å². The Balaban J connectivity index is 0.000000534. The Morgan fingerprint density at radius 1 is 1.36 bits per heavy atom. The quantitative estimate of drug-likeness (QED) is 0.725. The smallest absolute Gasteiger partial charge is 0.490 e. The molecule has 0 aliphatic carbocycles. The fourth-order valence-corrected chi connectivity index (χ4v) is 1.35. The fraction of sp³-hybridized carbons (Fsp3) is 0.385. The van der Waals surface area contributed by atoms with Gasteiger partial charge in [-0.3, -0.25) is 4.79 Å². The third-order valence-corrected chi connectivity index (χ3v) is 2.42. The summed E-state index contributed by atoms with van der Waals surface area (Å²) in [5.74, 6) is -3.08. The first-order chi connectivity index (χ1) is 9.98. The molecule has 0 fully saturated rings. The van der Waals surface area contributed by atoms with Crippen molar-refractivity contribution >= 4 is 11.9 Å². The summed E-state index contributed by atoms with van der Waals surface area (Å²) in [5.41, 5.74) is 7.27. The summed E-state index contributed by atoms with van der Waals surface area (Å²) in [6.07, 6.45) is -4.81. The highest BCUT2D eigenvalue weighted by Crippen LogP contribution is 2.19.